The molecule has 4 aromatic rings. The zero-order valence-corrected chi connectivity index (χ0v) is 35.8. The van der Waals surface area contributed by atoms with E-state index in [1.807, 2.05) is 49.9 Å². The molecule has 0 spiro atoms. The van der Waals surface area contributed by atoms with Gasteiger partial charge in [0, 0.05) is 18.7 Å². The number of H-pyrrole nitrogens is 2. The van der Waals surface area contributed by atoms with E-state index in [0.717, 1.165) is 90.2 Å². The molecular formula is C47H56N8O6. The Hall–Kier alpha value is -5.92. The van der Waals surface area contributed by atoms with Crippen LogP contribution in [0.15, 0.2) is 54.9 Å². The number of aromatic nitrogens is 4. The molecule has 2 saturated carbocycles. The predicted octanol–water partition coefficient (Wildman–Crippen LogP) is 7.14. The number of fused-ring (bicyclic) bond motifs is 5. The highest BCUT2D eigenvalue weighted by Gasteiger charge is 2.58. The number of piperidine rings is 2. The Morgan fingerprint density at radius 2 is 1.20 bits per heavy atom. The quantitative estimate of drug-likeness (QED) is 0.123. The number of hydrogen-bond donors (Lipinski definition) is 4. The number of alkyl carbamates (subject to hydrolysis) is 2. The van der Waals surface area contributed by atoms with Crippen LogP contribution in [0.25, 0.3) is 39.7 Å². The normalized spacial score (nSPS) is 24.4. The second-order valence-electron chi connectivity index (χ2n) is 18.4. The molecule has 2 aromatic carbocycles. The van der Waals surface area contributed by atoms with Crippen molar-refractivity contribution in [3.05, 3.63) is 77.6 Å². The van der Waals surface area contributed by atoms with E-state index in [2.05, 4.69) is 69.2 Å². The first-order valence-corrected chi connectivity index (χ1v) is 21.7. The summed E-state index contributed by atoms with van der Waals surface area (Å²) in [5.74, 6) is 1.95. The number of nitrogens with zero attached hydrogens (tertiary/aromatic N) is 4. The lowest BCUT2D eigenvalue weighted by molar-refractivity contribution is -0.141. The summed E-state index contributed by atoms with van der Waals surface area (Å²) < 4.78 is 9.69. The highest BCUT2D eigenvalue weighted by atomic mass is 16.5. The van der Waals surface area contributed by atoms with Gasteiger partial charge >= 0.3 is 12.2 Å². The minimum absolute atomic E-state index is 0.0979. The molecule has 4 fully saturated rings. The monoisotopic (exact) mass is 828 g/mol. The van der Waals surface area contributed by atoms with Crippen molar-refractivity contribution in [3.63, 3.8) is 0 Å². The van der Waals surface area contributed by atoms with E-state index in [1.54, 1.807) is 0 Å². The van der Waals surface area contributed by atoms with Gasteiger partial charge in [-0.25, -0.2) is 19.6 Å². The van der Waals surface area contributed by atoms with Crippen LogP contribution >= 0.6 is 0 Å². The Labute approximate surface area is 356 Å². The first-order chi connectivity index (χ1) is 29.3. The summed E-state index contributed by atoms with van der Waals surface area (Å²) in [4.78, 5) is 73.4. The second kappa shape index (κ2) is 15.5. The summed E-state index contributed by atoms with van der Waals surface area (Å²) in [6.45, 7) is 9.02. The van der Waals surface area contributed by atoms with Crippen molar-refractivity contribution in [2.45, 2.75) is 95.8 Å². The molecule has 9 rings (SSSR count). The summed E-state index contributed by atoms with van der Waals surface area (Å²) >= 11 is 0. The zero-order chi connectivity index (χ0) is 42.8. The van der Waals surface area contributed by atoms with Crippen molar-refractivity contribution in [2.75, 3.05) is 27.3 Å². The van der Waals surface area contributed by atoms with E-state index in [0.29, 0.717) is 24.9 Å². The van der Waals surface area contributed by atoms with Gasteiger partial charge in [-0.2, -0.15) is 0 Å². The molecule has 2 saturated heterocycles. The van der Waals surface area contributed by atoms with Crippen molar-refractivity contribution < 1.29 is 28.7 Å². The van der Waals surface area contributed by atoms with Crippen LogP contribution in [0.3, 0.4) is 0 Å². The Morgan fingerprint density at radius 1 is 0.705 bits per heavy atom. The molecule has 5 aliphatic rings. The summed E-state index contributed by atoms with van der Waals surface area (Å²) in [5, 5.41) is 5.54. The summed E-state index contributed by atoms with van der Waals surface area (Å²) in [6.07, 6.45) is 13.1. The maximum Gasteiger partial charge on any atom is 0.407 e. The highest BCUT2D eigenvalue weighted by Crippen LogP contribution is 2.54. The number of amides is 4. The molecule has 6 atom stereocenters. The number of methoxy groups -OCH3 is 2. The van der Waals surface area contributed by atoms with E-state index in [9.17, 15) is 19.2 Å². The molecule has 2 aliphatic heterocycles. The Balaban J connectivity index is 0.946. The first-order valence-electron chi connectivity index (χ1n) is 21.7. The maximum absolute atomic E-state index is 14.1. The van der Waals surface area contributed by atoms with Gasteiger partial charge in [-0.1, -0.05) is 76.2 Å². The zero-order valence-electron chi connectivity index (χ0n) is 35.8. The van der Waals surface area contributed by atoms with Gasteiger partial charge in [-0.3, -0.25) is 9.59 Å². The van der Waals surface area contributed by atoms with Crippen molar-refractivity contribution in [2.24, 2.45) is 23.7 Å². The fourth-order valence-electron chi connectivity index (χ4n) is 11.0. The van der Waals surface area contributed by atoms with Crippen molar-refractivity contribution in [1.82, 2.24) is 40.4 Å². The lowest BCUT2D eigenvalue weighted by Crippen LogP contribution is -2.56. The maximum atomic E-state index is 14.1. The van der Waals surface area contributed by atoms with E-state index < -0.39 is 35.3 Å². The number of rotatable bonds is 11. The minimum Gasteiger partial charge on any atom is -0.453 e. The van der Waals surface area contributed by atoms with Gasteiger partial charge in [0.1, 0.15) is 34.8 Å². The number of nitrogens with one attached hydrogen (secondary N) is 4. The molecule has 14 heteroatoms. The average Bonchev–Trinajstić information content (AvgIpc) is 4.13. The average molecular weight is 829 g/mol. The summed E-state index contributed by atoms with van der Waals surface area (Å²) in [7, 11) is 2.62. The fraction of sp³-hybridized carbons (Fsp3) is 0.489. The molecule has 3 aliphatic carbocycles. The molecule has 0 unspecified atom stereocenters. The summed E-state index contributed by atoms with van der Waals surface area (Å²) in [6, 6.07) is 11.5. The van der Waals surface area contributed by atoms with Gasteiger partial charge in [0.25, 0.3) is 0 Å². The molecule has 4 heterocycles. The number of likely N-dealkylation sites (tertiary alicyclic amines) is 2. The van der Waals surface area contributed by atoms with Crippen molar-refractivity contribution in [1.29, 1.82) is 0 Å². The molecule has 0 radical (unpaired) electrons. The van der Waals surface area contributed by atoms with Gasteiger partial charge in [-0.05, 0) is 96.4 Å². The van der Waals surface area contributed by atoms with Crippen LogP contribution in [-0.4, -0.2) is 93.1 Å². The Bertz CT molecular complexity index is 2400. The molecule has 320 valence electrons. The van der Waals surface area contributed by atoms with E-state index in [1.165, 1.54) is 25.3 Å². The third-order valence-electron chi connectivity index (χ3n) is 14.2. The van der Waals surface area contributed by atoms with Gasteiger partial charge < -0.3 is 39.9 Å². The second-order valence-corrected chi connectivity index (χ2v) is 18.4. The number of carbonyl (C=O) groups is 4. The predicted molar refractivity (Wildman–Crippen MR) is 230 cm³/mol. The van der Waals surface area contributed by atoms with Crippen LogP contribution in [0.1, 0.15) is 89.0 Å². The van der Waals surface area contributed by atoms with Crippen LogP contribution in [0.5, 0.6) is 0 Å². The molecule has 4 N–H and O–H groups in total. The molecule has 4 bridgehead atoms. The van der Waals surface area contributed by atoms with E-state index in [4.69, 9.17) is 19.4 Å². The number of carbonyl (C=O) groups excluding carboxylic acids is 4. The number of hydrogen-bond acceptors (Lipinski definition) is 8. The van der Waals surface area contributed by atoms with Crippen LogP contribution in [0, 0.1) is 23.7 Å². The SMILES string of the molecule is COC(=O)N[C@H](C(=O)N1C[C@@H]2CC[C@@]1(c1ncc(-c3ccc(-c4ccc(-c5cnc([C@@]67CC[C@@H](CN6C(=O)[C@@H](NC(=O)OC)C(C)C)C7)[nH]5)c5c4C=CC5)cc3)[nH]1)C2)C(C)C. The van der Waals surface area contributed by atoms with Crippen LogP contribution in [0.4, 0.5) is 9.59 Å². The van der Waals surface area contributed by atoms with Gasteiger partial charge in [0.05, 0.1) is 38.0 Å². The standard InChI is InChI=1S/C47H56N8O6/c1-26(2)38(52-44(58)60-5)40(56)54-24-28-16-18-46(54,20-28)42-48-22-36(50-42)31-12-10-30(11-13-31)32-14-15-35(34-9-7-8-33(32)34)37-23-49-43(51-37)47-19-17-29(21-47)25-55(47)41(57)39(27(3)4)53-45(59)61-6/h7-8,10-15,22-23,26-29,38-39H,9,16-21,24-25H2,1-6H3,(H,48,50)(H,49,51)(H,52,58)(H,53,59)/t28-,29-,38+,39+,46+,47+/m1/s1. The number of ether oxygens (including phenoxy) is 2. The van der Waals surface area contributed by atoms with Crippen LogP contribution < -0.4 is 10.6 Å². The third-order valence-corrected chi connectivity index (χ3v) is 14.2. The Morgan fingerprint density at radius 3 is 1.70 bits per heavy atom. The number of imidazole rings is 2. The number of allylic oxidation sites excluding steroid dienone is 1. The van der Waals surface area contributed by atoms with Crippen molar-refractivity contribution >= 4 is 30.1 Å². The van der Waals surface area contributed by atoms with Crippen LogP contribution in [-0.2, 0) is 36.6 Å². The van der Waals surface area contributed by atoms with Gasteiger partial charge in [-0.15, -0.1) is 0 Å². The number of aromatic amines is 2. The molecule has 14 nitrogen and oxygen atoms in total. The van der Waals surface area contributed by atoms with Gasteiger partial charge in [0.2, 0.25) is 11.8 Å². The molecular weight excluding hydrogens is 773 g/mol. The molecule has 2 aromatic heterocycles. The third kappa shape index (κ3) is 6.78. The lowest BCUT2D eigenvalue weighted by atomic mass is 9.91. The largest absolute Gasteiger partial charge is 0.453 e. The topological polar surface area (TPSA) is 175 Å². The van der Waals surface area contributed by atoms with Crippen molar-refractivity contribution in [3.8, 4) is 33.6 Å². The van der Waals surface area contributed by atoms with Crippen LogP contribution in [0.2, 0.25) is 0 Å². The lowest BCUT2D eigenvalue weighted by Gasteiger charge is -2.40. The molecule has 4 amide bonds. The summed E-state index contributed by atoms with van der Waals surface area (Å²) in [5.41, 5.74) is 7.46. The Kier molecular flexibility index (Phi) is 10.3. The smallest absolute Gasteiger partial charge is 0.407 e. The fourth-order valence-corrected chi connectivity index (χ4v) is 11.0. The van der Waals surface area contributed by atoms with Gasteiger partial charge in [0.15, 0.2) is 0 Å². The highest BCUT2D eigenvalue weighted by molar-refractivity contribution is 5.89. The van der Waals surface area contributed by atoms with E-state index in [-0.39, 0.29) is 23.7 Å². The molecule has 61 heavy (non-hydrogen) atoms. The minimum atomic E-state index is -0.692. The first kappa shape index (κ1) is 40.5. The number of benzene rings is 2. The van der Waals surface area contributed by atoms with E-state index >= 15 is 0 Å².